The molecule has 1 amide bonds. The third-order valence-electron chi connectivity index (χ3n) is 2.28. The summed E-state index contributed by atoms with van der Waals surface area (Å²) in [6, 6.07) is 0. The molecule has 0 atom stereocenters. The molecule has 0 heterocycles. The van der Waals surface area contributed by atoms with Crippen LogP contribution in [-0.4, -0.2) is 17.7 Å². The van der Waals surface area contributed by atoms with Crippen LogP contribution >= 0.6 is 0 Å². The van der Waals surface area contributed by atoms with E-state index in [1.165, 1.54) is 0 Å². The number of hydrogen-bond acceptors (Lipinski definition) is 2. The van der Waals surface area contributed by atoms with Gasteiger partial charge in [-0.1, -0.05) is 6.92 Å². The molecule has 0 aliphatic heterocycles. The first-order chi connectivity index (χ1) is 5.40. The molecule has 0 radical (unpaired) electrons. The zero-order valence-electron chi connectivity index (χ0n) is 7.81. The molecule has 1 aliphatic rings. The summed E-state index contributed by atoms with van der Waals surface area (Å²) in [7, 11) is 0. The summed E-state index contributed by atoms with van der Waals surface area (Å²) in [6.07, 6.45) is 2.64. The minimum Gasteiger partial charge on any atom is -0.344 e. The molecular weight excluding hydrogens is 154 g/mol. The molecule has 68 valence electrons. The number of nitrogens with one attached hydrogen (secondary N) is 1. The Labute approximate surface area is 72.5 Å². The predicted molar refractivity (Wildman–Crippen MR) is 45.6 cm³/mol. The van der Waals surface area contributed by atoms with Gasteiger partial charge in [-0.2, -0.15) is 0 Å². The maximum atomic E-state index is 11.4. The molecule has 1 N–H and O–H groups in total. The molecule has 0 unspecified atom stereocenters. The van der Waals surface area contributed by atoms with Crippen molar-refractivity contribution in [3.8, 4) is 0 Å². The van der Waals surface area contributed by atoms with Gasteiger partial charge in [0.25, 0.3) is 0 Å². The van der Waals surface area contributed by atoms with Crippen LogP contribution in [0.25, 0.3) is 0 Å². The Bertz CT molecular complexity index is 217. The number of carbonyl (C=O) groups is 2. The first-order valence-corrected chi connectivity index (χ1v) is 4.19. The highest BCUT2D eigenvalue weighted by atomic mass is 16.2. The summed E-state index contributed by atoms with van der Waals surface area (Å²) in [5, 5.41) is 2.70. The van der Waals surface area contributed by atoms with Crippen LogP contribution < -0.4 is 5.32 Å². The molecule has 3 nitrogen and oxygen atoms in total. The van der Waals surface area contributed by atoms with E-state index >= 15 is 0 Å². The molecule has 0 spiro atoms. The third-order valence-corrected chi connectivity index (χ3v) is 2.28. The van der Waals surface area contributed by atoms with E-state index in [4.69, 9.17) is 0 Å². The number of rotatable bonds is 3. The van der Waals surface area contributed by atoms with Gasteiger partial charge in [0.05, 0.1) is 5.54 Å². The molecule has 0 aromatic rings. The van der Waals surface area contributed by atoms with Crippen LogP contribution in [0.4, 0.5) is 0 Å². The fourth-order valence-corrected chi connectivity index (χ4v) is 0.888. The van der Waals surface area contributed by atoms with E-state index in [1.54, 1.807) is 13.8 Å². The molecular formula is C9H15NO2. The van der Waals surface area contributed by atoms with Gasteiger partial charge >= 0.3 is 0 Å². The lowest BCUT2D eigenvalue weighted by atomic mass is 10.0. The van der Waals surface area contributed by atoms with E-state index in [0.717, 1.165) is 19.1 Å². The van der Waals surface area contributed by atoms with Gasteiger partial charge in [0.15, 0.2) is 0 Å². The quantitative estimate of drug-likeness (QED) is 0.637. The van der Waals surface area contributed by atoms with E-state index in [-0.39, 0.29) is 11.3 Å². The van der Waals surface area contributed by atoms with Crippen LogP contribution in [-0.2, 0) is 9.59 Å². The van der Waals surface area contributed by atoms with E-state index in [1.807, 2.05) is 6.92 Å². The maximum absolute atomic E-state index is 11.4. The standard InChI is InChI=1S/C9H15NO2/c1-8(2,6-11)10-7(12)9(3)4-5-9/h6H,4-5H2,1-3H3,(H,10,12). The lowest BCUT2D eigenvalue weighted by Crippen LogP contribution is -2.47. The van der Waals surface area contributed by atoms with Gasteiger partial charge in [0, 0.05) is 5.41 Å². The van der Waals surface area contributed by atoms with Crippen molar-refractivity contribution in [3.05, 3.63) is 0 Å². The minimum atomic E-state index is -0.720. The highest BCUT2D eigenvalue weighted by Gasteiger charge is 2.46. The third kappa shape index (κ3) is 1.84. The number of amides is 1. The second-order valence-electron chi connectivity index (χ2n) is 4.35. The van der Waals surface area contributed by atoms with Crippen molar-refractivity contribution in [3.63, 3.8) is 0 Å². The number of hydrogen-bond donors (Lipinski definition) is 1. The Morgan fingerprint density at radius 3 is 2.33 bits per heavy atom. The Morgan fingerprint density at radius 1 is 1.50 bits per heavy atom. The van der Waals surface area contributed by atoms with Crippen molar-refractivity contribution in [1.82, 2.24) is 5.32 Å². The van der Waals surface area contributed by atoms with E-state index < -0.39 is 5.54 Å². The van der Waals surface area contributed by atoms with Crippen molar-refractivity contribution in [1.29, 1.82) is 0 Å². The summed E-state index contributed by atoms with van der Waals surface area (Å²) in [4.78, 5) is 21.9. The van der Waals surface area contributed by atoms with Gasteiger partial charge in [-0.15, -0.1) is 0 Å². The fourth-order valence-electron chi connectivity index (χ4n) is 0.888. The van der Waals surface area contributed by atoms with Crippen molar-refractivity contribution in [2.75, 3.05) is 0 Å². The van der Waals surface area contributed by atoms with Crippen LogP contribution in [0.3, 0.4) is 0 Å². The minimum absolute atomic E-state index is 0.000370. The normalized spacial score (nSPS) is 19.9. The lowest BCUT2D eigenvalue weighted by molar-refractivity contribution is -0.129. The van der Waals surface area contributed by atoms with Crippen molar-refractivity contribution in [2.24, 2.45) is 5.41 Å². The molecule has 12 heavy (non-hydrogen) atoms. The van der Waals surface area contributed by atoms with Crippen LogP contribution in [0.2, 0.25) is 0 Å². The molecule has 1 saturated carbocycles. The van der Waals surface area contributed by atoms with Gasteiger partial charge in [0.2, 0.25) is 5.91 Å². The smallest absolute Gasteiger partial charge is 0.226 e. The van der Waals surface area contributed by atoms with E-state index in [9.17, 15) is 9.59 Å². The monoisotopic (exact) mass is 169 g/mol. The Hall–Kier alpha value is -0.860. The molecule has 1 fully saturated rings. The Morgan fingerprint density at radius 2 is 2.00 bits per heavy atom. The van der Waals surface area contributed by atoms with Crippen LogP contribution in [0.1, 0.15) is 33.6 Å². The average Bonchev–Trinajstić information content (AvgIpc) is 2.69. The molecule has 0 aromatic heterocycles. The fraction of sp³-hybridized carbons (Fsp3) is 0.778. The summed E-state index contributed by atoms with van der Waals surface area (Å²) < 4.78 is 0. The van der Waals surface area contributed by atoms with Crippen molar-refractivity contribution >= 4 is 12.2 Å². The lowest BCUT2D eigenvalue weighted by Gasteiger charge is -2.21. The highest BCUT2D eigenvalue weighted by Crippen LogP contribution is 2.45. The molecule has 1 aliphatic carbocycles. The number of carbonyl (C=O) groups excluding carboxylic acids is 2. The summed E-state index contributed by atoms with van der Waals surface area (Å²) in [5.41, 5.74) is -0.914. The summed E-state index contributed by atoms with van der Waals surface area (Å²) in [5.74, 6) is -0.000370. The zero-order chi connectivity index (χ0) is 9.41. The maximum Gasteiger partial charge on any atom is 0.226 e. The first-order valence-electron chi connectivity index (χ1n) is 4.19. The van der Waals surface area contributed by atoms with Crippen LogP contribution in [0.5, 0.6) is 0 Å². The number of aldehydes is 1. The Kier molecular flexibility index (Phi) is 1.98. The summed E-state index contributed by atoms with van der Waals surface area (Å²) in [6.45, 7) is 5.32. The average molecular weight is 169 g/mol. The molecule has 0 aromatic carbocycles. The largest absolute Gasteiger partial charge is 0.344 e. The van der Waals surface area contributed by atoms with Gasteiger partial charge in [-0.3, -0.25) is 4.79 Å². The highest BCUT2D eigenvalue weighted by molar-refractivity contribution is 5.88. The topological polar surface area (TPSA) is 46.2 Å². The van der Waals surface area contributed by atoms with E-state index in [2.05, 4.69) is 5.32 Å². The molecule has 0 saturated heterocycles. The van der Waals surface area contributed by atoms with Crippen molar-refractivity contribution in [2.45, 2.75) is 39.2 Å². The first kappa shape index (κ1) is 9.23. The second kappa shape index (κ2) is 2.57. The van der Waals surface area contributed by atoms with Gasteiger partial charge < -0.3 is 10.1 Å². The van der Waals surface area contributed by atoms with E-state index in [0.29, 0.717) is 0 Å². The summed E-state index contributed by atoms with van der Waals surface area (Å²) >= 11 is 0. The molecule has 0 bridgehead atoms. The van der Waals surface area contributed by atoms with Gasteiger partial charge in [-0.05, 0) is 26.7 Å². The van der Waals surface area contributed by atoms with Gasteiger partial charge in [0.1, 0.15) is 6.29 Å². The van der Waals surface area contributed by atoms with Gasteiger partial charge in [-0.25, -0.2) is 0 Å². The second-order valence-corrected chi connectivity index (χ2v) is 4.35. The zero-order valence-corrected chi connectivity index (χ0v) is 7.81. The Balaban J connectivity index is 2.51. The van der Waals surface area contributed by atoms with Crippen LogP contribution in [0.15, 0.2) is 0 Å². The molecule has 1 rings (SSSR count). The predicted octanol–water partition coefficient (Wildman–Crippen LogP) is 0.880. The van der Waals surface area contributed by atoms with Crippen LogP contribution in [0, 0.1) is 5.41 Å². The van der Waals surface area contributed by atoms with Crippen molar-refractivity contribution < 1.29 is 9.59 Å². The molecule has 3 heteroatoms. The SMILES string of the molecule is CC(C)(C=O)NC(=O)C1(C)CC1.